The molecule has 2 rings (SSSR count). The minimum atomic E-state index is -4.95. The number of carbonyl (C=O) groups excluding carboxylic acids is 1. The van der Waals surface area contributed by atoms with Crippen molar-refractivity contribution in [3.8, 4) is 0 Å². The lowest BCUT2D eigenvalue weighted by Crippen LogP contribution is -2.39. The monoisotopic (exact) mass is 425 g/mol. The zero-order chi connectivity index (χ0) is 20.4. The van der Waals surface area contributed by atoms with Gasteiger partial charge >= 0.3 is 12.2 Å². The van der Waals surface area contributed by atoms with Gasteiger partial charge in [-0.1, -0.05) is 29.3 Å². The number of hydrogen-bond donors (Lipinski definition) is 3. The molecule has 146 valence electrons. The fourth-order valence-electron chi connectivity index (χ4n) is 1.99. The number of aromatic nitrogens is 1. The normalized spacial score (nSPS) is 13.8. The van der Waals surface area contributed by atoms with Crippen LogP contribution in [0.25, 0.3) is 0 Å². The maximum absolute atomic E-state index is 12.9. The van der Waals surface area contributed by atoms with Crippen molar-refractivity contribution < 1.29 is 27.5 Å². The summed E-state index contributed by atoms with van der Waals surface area (Å²) in [6.45, 7) is 0.570. The van der Waals surface area contributed by atoms with Crippen molar-refractivity contribution in [2.45, 2.75) is 25.2 Å². The molecular formula is C16H13Cl2F4N3O2. The number of rotatable bonds is 4. The van der Waals surface area contributed by atoms with Gasteiger partial charge in [-0.15, -0.1) is 0 Å². The van der Waals surface area contributed by atoms with Crippen molar-refractivity contribution in [1.29, 1.82) is 0 Å². The summed E-state index contributed by atoms with van der Waals surface area (Å²) >= 11 is 11.8. The molecule has 0 bridgehead atoms. The Morgan fingerprint density at radius 1 is 1.22 bits per heavy atom. The molecule has 0 radical (unpaired) electrons. The van der Waals surface area contributed by atoms with E-state index in [1.165, 1.54) is 12.3 Å². The zero-order valence-electron chi connectivity index (χ0n) is 13.7. The Hall–Kier alpha value is -2.10. The van der Waals surface area contributed by atoms with Gasteiger partial charge in [-0.3, -0.25) is 0 Å². The van der Waals surface area contributed by atoms with Gasteiger partial charge in [0.2, 0.25) is 5.95 Å². The number of carbonyl (C=O) groups is 1. The SMILES string of the molecule is C[C@@](O)(c1cc(Cl)c(NC(=O)NCc2ccc(F)nc2)c(Cl)c1)C(F)(F)F. The maximum Gasteiger partial charge on any atom is 0.421 e. The molecule has 11 heteroatoms. The first kappa shape index (κ1) is 21.2. The summed E-state index contributed by atoms with van der Waals surface area (Å²) in [4.78, 5) is 15.4. The van der Waals surface area contributed by atoms with Gasteiger partial charge in [0.25, 0.3) is 0 Å². The van der Waals surface area contributed by atoms with E-state index in [1.54, 1.807) is 0 Å². The highest BCUT2D eigenvalue weighted by molar-refractivity contribution is 6.39. The number of urea groups is 1. The Balaban J connectivity index is 2.12. The first-order chi connectivity index (χ1) is 12.4. The van der Waals surface area contributed by atoms with Crippen LogP contribution >= 0.6 is 23.2 Å². The van der Waals surface area contributed by atoms with Gasteiger partial charge in [0.15, 0.2) is 5.60 Å². The second-order valence-corrected chi connectivity index (χ2v) is 6.50. The number of alkyl halides is 3. The molecule has 1 aromatic heterocycles. The first-order valence-corrected chi connectivity index (χ1v) is 8.11. The summed E-state index contributed by atoms with van der Waals surface area (Å²) in [5, 5.41) is 13.9. The molecule has 5 nitrogen and oxygen atoms in total. The second-order valence-electron chi connectivity index (χ2n) is 5.68. The molecule has 0 unspecified atom stereocenters. The molecule has 1 aromatic carbocycles. The van der Waals surface area contributed by atoms with Crippen molar-refractivity contribution in [3.05, 3.63) is 57.6 Å². The third-order valence-electron chi connectivity index (χ3n) is 3.64. The summed E-state index contributed by atoms with van der Waals surface area (Å²) in [6, 6.07) is 3.50. The van der Waals surface area contributed by atoms with Crippen molar-refractivity contribution in [1.82, 2.24) is 10.3 Å². The molecule has 2 amide bonds. The quantitative estimate of drug-likeness (QED) is 0.494. The third-order valence-corrected chi connectivity index (χ3v) is 4.23. The highest BCUT2D eigenvalue weighted by Gasteiger charge is 2.51. The van der Waals surface area contributed by atoms with E-state index >= 15 is 0 Å². The largest absolute Gasteiger partial charge is 0.421 e. The molecule has 0 aliphatic carbocycles. The van der Waals surface area contributed by atoms with Gasteiger partial charge in [-0.2, -0.15) is 17.6 Å². The van der Waals surface area contributed by atoms with Gasteiger partial charge in [-0.25, -0.2) is 9.78 Å². The molecule has 2 aromatic rings. The Kier molecular flexibility index (Phi) is 6.18. The molecule has 0 spiro atoms. The van der Waals surface area contributed by atoms with Crippen LogP contribution in [0.2, 0.25) is 10.0 Å². The second kappa shape index (κ2) is 7.87. The molecule has 1 atom stereocenters. The molecule has 0 aliphatic rings. The van der Waals surface area contributed by atoms with E-state index < -0.39 is 29.3 Å². The summed E-state index contributed by atoms with van der Waals surface area (Å²) in [6.07, 6.45) is -3.72. The van der Waals surface area contributed by atoms with Crippen LogP contribution in [0, 0.1) is 5.95 Å². The minimum Gasteiger partial charge on any atom is -0.376 e. The number of nitrogens with one attached hydrogen (secondary N) is 2. The lowest BCUT2D eigenvalue weighted by molar-refractivity contribution is -0.258. The molecule has 0 saturated carbocycles. The number of halogens is 6. The molecule has 0 fully saturated rings. The first-order valence-electron chi connectivity index (χ1n) is 7.35. The van der Waals surface area contributed by atoms with Crippen LogP contribution in [0.4, 0.5) is 28.0 Å². The van der Waals surface area contributed by atoms with Gasteiger partial charge in [0.1, 0.15) is 0 Å². The number of pyridine rings is 1. The van der Waals surface area contributed by atoms with Crippen molar-refractivity contribution in [2.75, 3.05) is 5.32 Å². The number of nitrogens with zero attached hydrogens (tertiary/aromatic N) is 1. The minimum absolute atomic E-state index is 0.00915. The zero-order valence-corrected chi connectivity index (χ0v) is 15.2. The molecular weight excluding hydrogens is 413 g/mol. The maximum atomic E-state index is 12.9. The number of amides is 2. The average Bonchev–Trinajstić information content (AvgIpc) is 2.56. The van der Waals surface area contributed by atoms with E-state index in [2.05, 4.69) is 15.6 Å². The highest BCUT2D eigenvalue weighted by atomic mass is 35.5. The number of hydrogen-bond acceptors (Lipinski definition) is 3. The van der Waals surface area contributed by atoms with Crippen LogP contribution in [-0.4, -0.2) is 22.3 Å². The van der Waals surface area contributed by atoms with Gasteiger partial charge < -0.3 is 15.7 Å². The highest BCUT2D eigenvalue weighted by Crippen LogP contribution is 2.42. The molecule has 0 saturated heterocycles. The van der Waals surface area contributed by atoms with E-state index in [4.69, 9.17) is 23.2 Å². The predicted octanol–water partition coefficient (Wildman–Crippen LogP) is 4.62. The van der Waals surface area contributed by atoms with Crippen LogP contribution < -0.4 is 10.6 Å². The standard InChI is InChI=1S/C16H13Cl2F4N3O2/c1-15(27,16(20,21)22)9-4-10(17)13(11(18)5-9)25-14(26)24-7-8-2-3-12(19)23-6-8/h2-6,27H,7H2,1H3,(H2,24,25,26)/t15-/m1/s1. The van der Waals surface area contributed by atoms with Crippen molar-refractivity contribution in [3.63, 3.8) is 0 Å². The summed E-state index contributed by atoms with van der Waals surface area (Å²) in [5.74, 6) is -0.670. The lowest BCUT2D eigenvalue weighted by Gasteiger charge is -2.27. The Morgan fingerprint density at radius 2 is 1.81 bits per heavy atom. The van der Waals surface area contributed by atoms with Gasteiger partial charge in [0.05, 0.1) is 15.7 Å². The van der Waals surface area contributed by atoms with Crippen LogP contribution in [0.15, 0.2) is 30.5 Å². The molecule has 27 heavy (non-hydrogen) atoms. The van der Waals surface area contributed by atoms with Gasteiger partial charge in [0, 0.05) is 12.7 Å². The third kappa shape index (κ3) is 5.00. The summed E-state index contributed by atoms with van der Waals surface area (Å²) < 4.78 is 51.5. The van der Waals surface area contributed by atoms with Crippen LogP contribution in [-0.2, 0) is 12.1 Å². The van der Waals surface area contributed by atoms with E-state index in [0.29, 0.717) is 12.5 Å². The van der Waals surface area contributed by atoms with E-state index in [9.17, 15) is 27.5 Å². The number of aliphatic hydroxyl groups is 1. The summed E-state index contributed by atoms with van der Waals surface area (Å²) in [7, 11) is 0. The number of anilines is 1. The fraction of sp³-hybridized carbons (Fsp3) is 0.250. The van der Waals surface area contributed by atoms with Gasteiger partial charge in [-0.05, 0) is 36.2 Å². The average molecular weight is 426 g/mol. The van der Waals surface area contributed by atoms with Crippen LogP contribution in [0.1, 0.15) is 18.1 Å². The molecule has 1 heterocycles. The van der Waals surface area contributed by atoms with E-state index in [-0.39, 0.29) is 22.3 Å². The number of benzene rings is 1. The Bertz CT molecular complexity index is 820. The van der Waals surface area contributed by atoms with Crippen LogP contribution in [0.3, 0.4) is 0 Å². The van der Waals surface area contributed by atoms with E-state index in [1.807, 2.05) is 0 Å². The lowest BCUT2D eigenvalue weighted by atomic mass is 9.95. The Morgan fingerprint density at radius 3 is 2.30 bits per heavy atom. The fourth-order valence-corrected chi connectivity index (χ4v) is 2.57. The topological polar surface area (TPSA) is 74.2 Å². The molecule has 0 aliphatic heterocycles. The predicted molar refractivity (Wildman–Crippen MR) is 92.1 cm³/mol. The Labute approximate surface area is 161 Å². The summed E-state index contributed by atoms with van der Waals surface area (Å²) in [5.41, 5.74) is -3.36. The smallest absolute Gasteiger partial charge is 0.376 e. The van der Waals surface area contributed by atoms with Crippen molar-refractivity contribution >= 4 is 34.9 Å². The molecule has 3 N–H and O–H groups in total. The van der Waals surface area contributed by atoms with E-state index in [0.717, 1.165) is 18.2 Å². The van der Waals surface area contributed by atoms with Crippen molar-refractivity contribution in [2.24, 2.45) is 0 Å². The van der Waals surface area contributed by atoms with Crippen LogP contribution in [0.5, 0.6) is 0 Å².